The van der Waals surface area contributed by atoms with E-state index in [1.165, 1.54) is 24.4 Å². The van der Waals surface area contributed by atoms with Gasteiger partial charge in [0.25, 0.3) is 6.43 Å². The van der Waals surface area contributed by atoms with E-state index in [2.05, 4.69) is 15.6 Å². The molecule has 3 atom stereocenters. The van der Waals surface area contributed by atoms with Gasteiger partial charge in [-0.05, 0) is 44.7 Å². The molecule has 3 unspecified atom stereocenters. The van der Waals surface area contributed by atoms with Gasteiger partial charge in [0, 0.05) is 41.2 Å². The molecule has 0 bridgehead atoms. The number of rotatable bonds is 5. The molecule has 1 amide bonds. The van der Waals surface area contributed by atoms with Crippen molar-refractivity contribution in [3.8, 4) is 5.75 Å². The van der Waals surface area contributed by atoms with Crippen molar-refractivity contribution in [2.24, 2.45) is 0 Å². The van der Waals surface area contributed by atoms with Crippen molar-refractivity contribution in [3.63, 3.8) is 0 Å². The third-order valence-electron chi connectivity index (χ3n) is 7.08. The summed E-state index contributed by atoms with van der Waals surface area (Å²) in [5, 5.41) is 17.1. The number of halogens is 5. The SMILES string of the molecule is CC1CC(O)(c2ccc(C(F)F)nc2)CC(COc2cc3c(c(C(F)(F)F)c2)C2(CC2)C(=O)N3)N1. The van der Waals surface area contributed by atoms with Gasteiger partial charge < -0.3 is 20.5 Å². The summed E-state index contributed by atoms with van der Waals surface area (Å²) in [6.07, 6.45) is -4.95. The lowest BCUT2D eigenvalue weighted by atomic mass is 9.79. The fraction of sp³-hybridized carbons (Fsp3) is 0.500. The highest BCUT2D eigenvalue weighted by molar-refractivity contribution is 6.09. The highest BCUT2D eigenvalue weighted by atomic mass is 19.4. The fourth-order valence-corrected chi connectivity index (χ4v) is 5.36. The monoisotopic (exact) mass is 497 g/mol. The number of carbonyl (C=O) groups excluding carboxylic acids is 1. The Kier molecular flexibility index (Phi) is 5.55. The van der Waals surface area contributed by atoms with Crippen LogP contribution in [0.25, 0.3) is 0 Å². The number of pyridine rings is 1. The van der Waals surface area contributed by atoms with Gasteiger partial charge >= 0.3 is 6.18 Å². The van der Waals surface area contributed by atoms with Crippen molar-refractivity contribution in [1.29, 1.82) is 0 Å². The molecule has 5 rings (SSSR count). The topological polar surface area (TPSA) is 83.5 Å². The maximum absolute atomic E-state index is 13.8. The van der Waals surface area contributed by atoms with Crippen molar-refractivity contribution in [2.45, 2.75) is 68.3 Å². The highest BCUT2D eigenvalue weighted by Crippen LogP contribution is 2.59. The lowest BCUT2D eigenvalue weighted by Gasteiger charge is -2.41. The van der Waals surface area contributed by atoms with Crippen LogP contribution in [0.2, 0.25) is 0 Å². The number of aromatic nitrogens is 1. The number of benzene rings is 1. The van der Waals surface area contributed by atoms with E-state index in [4.69, 9.17) is 4.74 Å². The average Bonchev–Trinajstić information content (AvgIpc) is 3.53. The molecular formula is C24H24F5N3O3. The molecule has 0 radical (unpaired) electrons. The van der Waals surface area contributed by atoms with Crippen LogP contribution < -0.4 is 15.4 Å². The number of alkyl halides is 5. The van der Waals surface area contributed by atoms with Gasteiger partial charge in [0.05, 0.1) is 16.6 Å². The van der Waals surface area contributed by atoms with Crippen molar-refractivity contribution in [1.82, 2.24) is 10.3 Å². The highest BCUT2D eigenvalue weighted by Gasteiger charge is 2.59. The summed E-state index contributed by atoms with van der Waals surface area (Å²) in [6.45, 7) is 1.78. The molecule has 3 heterocycles. The molecule has 1 saturated heterocycles. The Morgan fingerprint density at radius 2 is 1.97 bits per heavy atom. The Morgan fingerprint density at radius 1 is 1.23 bits per heavy atom. The predicted octanol–water partition coefficient (Wildman–Crippen LogP) is 4.43. The first-order valence-electron chi connectivity index (χ1n) is 11.3. The molecule has 1 saturated carbocycles. The van der Waals surface area contributed by atoms with E-state index in [1.807, 2.05) is 6.92 Å². The second-order valence-electron chi connectivity index (χ2n) is 9.72. The first-order chi connectivity index (χ1) is 16.4. The van der Waals surface area contributed by atoms with Crippen LogP contribution in [0.4, 0.5) is 27.6 Å². The minimum absolute atomic E-state index is 0.0131. The first-order valence-corrected chi connectivity index (χ1v) is 11.3. The molecule has 1 aromatic carbocycles. The van der Waals surface area contributed by atoms with Gasteiger partial charge in [0.1, 0.15) is 18.1 Å². The largest absolute Gasteiger partial charge is 0.492 e. The normalized spacial score (nSPS) is 27.1. The zero-order chi connectivity index (χ0) is 25.2. The lowest BCUT2D eigenvalue weighted by Crippen LogP contribution is -2.53. The number of ether oxygens (including phenoxy) is 1. The van der Waals surface area contributed by atoms with Gasteiger partial charge in [-0.15, -0.1) is 0 Å². The number of nitrogens with zero attached hydrogens (tertiary/aromatic N) is 1. The van der Waals surface area contributed by atoms with E-state index in [0.717, 1.165) is 6.07 Å². The minimum Gasteiger partial charge on any atom is -0.492 e. The third-order valence-corrected chi connectivity index (χ3v) is 7.08. The first kappa shape index (κ1) is 23.9. The Morgan fingerprint density at radius 3 is 2.57 bits per heavy atom. The molecule has 2 aromatic rings. The van der Waals surface area contributed by atoms with E-state index < -0.39 is 46.8 Å². The Balaban J connectivity index is 1.35. The van der Waals surface area contributed by atoms with E-state index in [1.54, 1.807) is 0 Å². The van der Waals surface area contributed by atoms with E-state index in [9.17, 15) is 31.9 Å². The number of anilines is 1. The van der Waals surface area contributed by atoms with Crippen LogP contribution >= 0.6 is 0 Å². The summed E-state index contributed by atoms with van der Waals surface area (Å²) in [6, 6.07) is 4.28. The molecular weight excluding hydrogens is 473 g/mol. The Hall–Kier alpha value is -2.79. The van der Waals surface area contributed by atoms with Crippen LogP contribution in [0, 0.1) is 0 Å². The Labute approximate surface area is 197 Å². The van der Waals surface area contributed by atoms with Gasteiger partial charge in [-0.25, -0.2) is 8.78 Å². The number of nitrogens with one attached hydrogen (secondary N) is 2. The fourth-order valence-electron chi connectivity index (χ4n) is 5.36. The second-order valence-corrected chi connectivity index (χ2v) is 9.72. The molecule has 188 valence electrons. The maximum Gasteiger partial charge on any atom is 0.416 e. The van der Waals surface area contributed by atoms with E-state index in [0.29, 0.717) is 24.8 Å². The van der Waals surface area contributed by atoms with Crippen LogP contribution in [0.5, 0.6) is 5.75 Å². The number of fused-ring (bicyclic) bond motifs is 2. The summed E-state index contributed by atoms with van der Waals surface area (Å²) in [4.78, 5) is 16.0. The number of amides is 1. The van der Waals surface area contributed by atoms with Gasteiger partial charge in [0.15, 0.2) is 0 Å². The summed E-state index contributed by atoms with van der Waals surface area (Å²) in [7, 11) is 0. The molecule has 11 heteroatoms. The van der Waals surface area contributed by atoms with Gasteiger partial charge in [-0.3, -0.25) is 9.78 Å². The number of hydrogen-bond donors (Lipinski definition) is 3. The number of carbonyl (C=O) groups is 1. The number of hydrogen-bond acceptors (Lipinski definition) is 5. The minimum atomic E-state index is -4.65. The molecule has 1 aliphatic carbocycles. The van der Waals surface area contributed by atoms with Gasteiger partial charge in [-0.1, -0.05) is 6.07 Å². The van der Waals surface area contributed by atoms with Crippen molar-refractivity contribution in [2.75, 3.05) is 11.9 Å². The second kappa shape index (κ2) is 8.12. The van der Waals surface area contributed by atoms with E-state index in [-0.39, 0.29) is 36.1 Å². The van der Waals surface area contributed by atoms with Crippen LogP contribution in [0.3, 0.4) is 0 Å². The molecule has 35 heavy (non-hydrogen) atoms. The van der Waals surface area contributed by atoms with Gasteiger partial charge in [-0.2, -0.15) is 13.2 Å². The molecule has 2 aliphatic heterocycles. The summed E-state index contributed by atoms with van der Waals surface area (Å²) >= 11 is 0. The summed E-state index contributed by atoms with van der Waals surface area (Å²) in [5.41, 5.74) is -3.25. The van der Waals surface area contributed by atoms with Crippen molar-refractivity contribution < 1.29 is 36.6 Å². The van der Waals surface area contributed by atoms with Crippen LogP contribution in [0.15, 0.2) is 30.5 Å². The summed E-state index contributed by atoms with van der Waals surface area (Å²) in [5.74, 6) is -0.463. The quantitative estimate of drug-likeness (QED) is 0.533. The predicted molar refractivity (Wildman–Crippen MR) is 115 cm³/mol. The number of piperidine rings is 1. The number of aliphatic hydroxyl groups is 1. The summed E-state index contributed by atoms with van der Waals surface area (Å²) < 4.78 is 72.9. The molecule has 3 aliphatic rings. The molecule has 1 aromatic heterocycles. The molecule has 6 nitrogen and oxygen atoms in total. The molecule has 1 spiro atoms. The zero-order valence-electron chi connectivity index (χ0n) is 18.8. The van der Waals surface area contributed by atoms with Crippen molar-refractivity contribution >= 4 is 11.6 Å². The van der Waals surface area contributed by atoms with Crippen molar-refractivity contribution in [3.05, 3.63) is 52.8 Å². The van der Waals surface area contributed by atoms with Crippen LogP contribution in [-0.4, -0.2) is 34.7 Å². The Bertz CT molecular complexity index is 1150. The zero-order valence-corrected chi connectivity index (χ0v) is 18.8. The molecule has 3 N–H and O–H groups in total. The van der Waals surface area contributed by atoms with Crippen LogP contribution in [0.1, 0.15) is 61.4 Å². The standard InChI is InChI=1S/C24H24F5N3O3/c1-12-8-23(34,13-2-3-17(20(25)26)30-10-13)9-14(31-12)11-35-15-6-16(24(27,28)29)19-18(7-15)32-21(33)22(19)4-5-22/h2-3,6-7,10,12,14,20,31,34H,4-5,8-9,11H2,1H3,(H,32,33). The van der Waals surface area contributed by atoms with Crippen LogP contribution in [-0.2, 0) is 22.0 Å². The smallest absolute Gasteiger partial charge is 0.416 e. The van der Waals surface area contributed by atoms with E-state index >= 15 is 0 Å². The third kappa shape index (κ3) is 4.24. The lowest BCUT2D eigenvalue weighted by molar-refractivity contribution is -0.138. The maximum atomic E-state index is 13.8. The molecule has 2 fully saturated rings. The van der Waals surface area contributed by atoms with Gasteiger partial charge in [0.2, 0.25) is 5.91 Å². The average molecular weight is 497 g/mol.